The van der Waals surface area contributed by atoms with Gasteiger partial charge < -0.3 is 25.4 Å². The highest BCUT2D eigenvalue weighted by molar-refractivity contribution is 6.10. The SMILES string of the molecule is CCOC(=O)c1cc(O)c(C(=O)Nc2c(C(=O)O)ccnc2CC)cc1O. The molecule has 9 heteroatoms. The van der Waals surface area contributed by atoms with Crippen molar-refractivity contribution in [2.24, 2.45) is 0 Å². The summed E-state index contributed by atoms with van der Waals surface area (Å²) < 4.78 is 4.75. The smallest absolute Gasteiger partial charge is 0.342 e. The number of esters is 1. The molecule has 142 valence electrons. The number of benzene rings is 1. The standard InChI is InChI=1S/C18H18N2O7/c1-3-12-15(9(17(24)25)5-6-19-12)20-16(23)10-7-14(22)11(8-13(10)21)18(26)27-4-2/h5-8,21-22H,3-4H2,1-2H3,(H,20,23)(H,24,25). The van der Waals surface area contributed by atoms with Crippen molar-refractivity contribution in [2.75, 3.05) is 11.9 Å². The van der Waals surface area contributed by atoms with Gasteiger partial charge in [0.15, 0.2) is 0 Å². The van der Waals surface area contributed by atoms with Gasteiger partial charge in [-0.25, -0.2) is 9.59 Å². The number of aromatic hydroxyl groups is 2. The first-order valence-corrected chi connectivity index (χ1v) is 8.05. The van der Waals surface area contributed by atoms with E-state index < -0.39 is 29.3 Å². The molecule has 0 saturated heterocycles. The summed E-state index contributed by atoms with van der Waals surface area (Å²) >= 11 is 0. The van der Waals surface area contributed by atoms with Gasteiger partial charge in [0, 0.05) is 6.20 Å². The van der Waals surface area contributed by atoms with E-state index in [1.807, 2.05) is 0 Å². The summed E-state index contributed by atoms with van der Waals surface area (Å²) in [4.78, 5) is 39.7. The highest BCUT2D eigenvalue weighted by Crippen LogP contribution is 2.29. The van der Waals surface area contributed by atoms with Crippen molar-refractivity contribution in [3.63, 3.8) is 0 Å². The lowest BCUT2D eigenvalue weighted by Gasteiger charge is -2.13. The summed E-state index contributed by atoms with van der Waals surface area (Å²) in [5, 5.41) is 31.7. The molecule has 0 unspecified atom stereocenters. The van der Waals surface area contributed by atoms with Gasteiger partial charge in [-0.15, -0.1) is 0 Å². The molecule has 0 aliphatic carbocycles. The van der Waals surface area contributed by atoms with Crippen molar-refractivity contribution in [1.82, 2.24) is 4.98 Å². The number of pyridine rings is 1. The molecule has 4 N–H and O–H groups in total. The van der Waals surface area contributed by atoms with E-state index in [0.717, 1.165) is 12.1 Å². The van der Waals surface area contributed by atoms with Gasteiger partial charge in [-0.2, -0.15) is 0 Å². The molecule has 0 saturated carbocycles. The molecule has 0 aliphatic heterocycles. The molecule has 0 radical (unpaired) electrons. The molecule has 0 atom stereocenters. The molecule has 0 bridgehead atoms. The molecular weight excluding hydrogens is 356 g/mol. The zero-order chi connectivity index (χ0) is 20.1. The fourth-order valence-corrected chi connectivity index (χ4v) is 2.40. The van der Waals surface area contributed by atoms with Gasteiger partial charge in [0.25, 0.3) is 5.91 Å². The quantitative estimate of drug-likeness (QED) is 0.444. The van der Waals surface area contributed by atoms with E-state index in [1.54, 1.807) is 13.8 Å². The molecule has 0 aliphatic rings. The first kappa shape index (κ1) is 19.7. The van der Waals surface area contributed by atoms with Crippen LogP contribution in [0.2, 0.25) is 0 Å². The van der Waals surface area contributed by atoms with Crippen molar-refractivity contribution in [3.05, 3.63) is 46.8 Å². The molecule has 1 aromatic heterocycles. The molecular formula is C18H18N2O7. The Bertz CT molecular complexity index is 909. The Morgan fingerprint density at radius 2 is 1.70 bits per heavy atom. The third-order valence-corrected chi connectivity index (χ3v) is 3.69. The number of carbonyl (C=O) groups is 3. The topological polar surface area (TPSA) is 146 Å². The Kier molecular flexibility index (Phi) is 5.96. The van der Waals surface area contributed by atoms with Crippen LogP contribution in [-0.4, -0.2) is 44.8 Å². The number of phenolic OH excluding ortho intramolecular Hbond substituents is 2. The average Bonchev–Trinajstić information content (AvgIpc) is 2.63. The normalized spacial score (nSPS) is 10.3. The minimum absolute atomic E-state index is 0.00846. The Labute approximate surface area is 154 Å². The second-order valence-electron chi connectivity index (χ2n) is 5.40. The number of aromatic carboxylic acids is 1. The molecule has 2 rings (SSSR count). The van der Waals surface area contributed by atoms with Gasteiger partial charge in [0.2, 0.25) is 0 Å². The molecule has 1 amide bonds. The predicted molar refractivity (Wildman–Crippen MR) is 94.3 cm³/mol. The van der Waals surface area contributed by atoms with Crippen LogP contribution in [-0.2, 0) is 11.2 Å². The third-order valence-electron chi connectivity index (χ3n) is 3.69. The molecule has 27 heavy (non-hydrogen) atoms. The zero-order valence-electron chi connectivity index (χ0n) is 14.6. The van der Waals surface area contributed by atoms with Gasteiger partial charge in [0.1, 0.15) is 17.1 Å². The minimum Gasteiger partial charge on any atom is -0.507 e. The summed E-state index contributed by atoms with van der Waals surface area (Å²) in [6.45, 7) is 3.39. The number of hydrogen-bond donors (Lipinski definition) is 4. The van der Waals surface area contributed by atoms with Crippen LogP contribution in [0.3, 0.4) is 0 Å². The maximum Gasteiger partial charge on any atom is 0.342 e. The molecule has 9 nitrogen and oxygen atoms in total. The van der Waals surface area contributed by atoms with E-state index in [-0.39, 0.29) is 29.0 Å². The predicted octanol–water partition coefficient (Wildman–Crippen LogP) is 2.18. The van der Waals surface area contributed by atoms with E-state index in [0.29, 0.717) is 12.1 Å². The van der Waals surface area contributed by atoms with Gasteiger partial charge in [-0.3, -0.25) is 9.78 Å². The lowest BCUT2D eigenvalue weighted by molar-refractivity contribution is 0.0521. The Balaban J connectivity index is 2.42. The van der Waals surface area contributed by atoms with Crippen LogP contribution in [0.15, 0.2) is 24.4 Å². The zero-order valence-corrected chi connectivity index (χ0v) is 14.6. The van der Waals surface area contributed by atoms with E-state index in [9.17, 15) is 29.7 Å². The van der Waals surface area contributed by atoms with Gasteiger partial charge >= 0.3 is 11.9 Å². The van der Waals surface area contributed by atoms with Crippen LogP contribution in [0, 0.1) is 0 Å². The highest BCUT2D eigenvalue weighted by Gasteiger charge is 2.22. The van der Waals surface area contributed by atoms with E-state index in [2.05, 4.69) is 10.3 Å². The fourth-order valence-electron chi connectivity index (χ4n) is 2.40. The van der Waals surface area contributed by atoms with Gasteiger partial charge in [-0.05, 0) is 31.5 Å². The van der Waals surface area contributed by atoms with Crippen LogP contribution >= 0.6 is 0 Å². The first-order chi connectivity index (χ1) is 12.8. The van der Waals surface area contributed by atoms with Crippen molar-refractivity contribution in [3.8, 4) is 11.5 Å². The first-order valence-electron chi connectivity index (χ1n) is 8.05. The average molecular weight is 374 g/mol. The number of aromatic nitrogens is 1. The molecule has 1 heterocycles. The van der Waals surface area contributed by atoms with Crippen molar-refractivity contribution < 1.29 is 34.4 Å². The van der Waals surface area contributed by atoms with Crippen molar-refractivity contribution in [1.29, 1.82) is 0 Å². The van der Waals surface area contributed by atoms with Crippen LogP contribution in [0.1, 0.15) is 50.6 Å². The highest BCUT2D eigenvalue weighted by atomic mass is 16.5. The number of phenols is 2. The van der Waals surface area contributed by atoms with Gasteiger partial charge in [-0.1, -0.05) is 6.92 Å². The van der Waals surface area contributed by atoms with E-state index in [1.165, 1.54) is 12.3 Å². The number of carboxylic acids is 1. The lowest BCUT2D eigenvalue weighted by Crippen LogP contribution is -2.17. The fraction of sp³-hybridized carbons (Fsp3) is 0.222. The van der Waals surface area contributed by atoms with Gasteiger partial charge in [0.05, 0.1) is 29.1 Å². The summed E-state index contributed by atoms with van der Waals surface area (Å²) in [6.07, 6.45) is 1.67. The molecule has 0 spiro atoms. The number of rotatable bonds is 6. The largest absolute Gasteiger partial charge is 0.507 e. The van der Waals surface area contributed by atoms with Crippen molar-refractivity contribution >= 4 is 23.5 Å². The number of carbonyl (C=O) groups excluding carboxylic acids is 2. The molecule has 0 fully saturated rings. The number of ether oxygens (including phenoxy) is 1. The Morgan fingerprint density at radius 1 is 1.07 bits per heavy atom. The van der Waals surface area contributed by atoms with Crippen LogP contribution in [0.25, 0.3) is 0 Å². The van der Waals surface area contributed by atoms with Crippen LogP contribution < -0.4 is 5.32 Å². The Morgan fingerprint density at radius 3 is 2.30 bits per heavy atom. The summed E-state index contributed by atoms with van der Waals surface area (Å²) in [6, 6.07) is 3.04. The third kappa shape index (κ3) is 4.14. The second-order valence-corrected chi connectivity index (χ2v) is 5.40. The minimum atomic E-state index is -1.26. The summed E-state index contributed by atoms with van der Waals surface area (Å²) in [5.41, 5.74) is -0.474. The molecule has 2 aromatic rings. The molecule has 1 aromatic carbocycles. The monoisotopic (exact) mass is 374 g/mol. The number of nitrogens with zero attached hydrogens (tertiary/aromatic N) is 1. The second kappa shape index (κ2) is 8.17. The van der Waals surface area contributed by atoms with Crippen molar-refractivity contribution in [2.45, 2.75) is 20.3 Å². The van der Waals surface area contributed by atoms with E-state index in [4.69, 9.17) is 4.74 Å². The maximum atomic E-state index is 12.5. The maximum absolute atomic E-state index is 12.5. The Hall–Kier alpha value is -3.62. The number of anilines is 1. The van der Waals surface area contributed by atoms with E-state index >= 15 is 0 Å². The number of amides is 1. The number of aryl methyl sites for hydroxylation is 1. The summed E-state index contributed by atoms with van der Waals surface area (Å²) in [5.74, 6) is -4.12. The lowest BCUT2D eigenvalue weighted by atomic mass is 10.1. The number of carboxylic acid groups (broad SMARTS) is 1. The summed E-state index contributed by atoms with van der Waals surface area (Å²) in [7, 11) is 0. The van der Waals surface area contributed by atoms with Crippen LogP contribution in [0.5, 0.6) is 11.5 Å². The number of hydrogen-bond acceptors (Lipinski definition) is 7. The number of nitrogens with one attached hydrogen (secondary N) is 1. The van der Waals surface area contributed by atoms with Crippen LogP contribution in [0.4, 0.5) is 5.69 Å².